The fourth-order valence-electron chi connectivity index (χ4n) is 4.11. The minimum absolute atomic E-state index is 0.223. The summed E-state index contributed by atoms with van der Waals surface area (Å²) in [5, 5.41) is 8.96. The molecular formula is C20H31BN3O3. The van der Waals surface area contributed by atoms with Crippen molar-refractivity contribution in [2.45, 2.75) is 39.0 Å². The molecule has 2 atom stereocenters. The van der Waals surface area contributed by atoms with Gasteiger partial charge < -0.3 is 19.4 Å². The highest BCUT2D eigenvalue weighted by Gasteiger charge is 2.30. The van der Waals surface area contributed by atoms with Crippen LogP contribution < -0.4 is 0 Å². The zero-order valence-electron chi connectivity index (χ0n) is 16.5. The molecular weight excluding hydrogens is 341 g/mol. The number of carbonyl (C=O) groups is 1. The van der Waals surface area contributed by atoms with Crippen molar-refractivity contribution < 1.29 is 14.6 Å². The van der Waals surface area contributed by atoms with Gasteiger partial charge in [0.05, 0.1) is 19.8 Å². The largest absolute Gasteiger partial charge is 0.389 e. The van der Waals surface area contributed by atoms with E-state index in [1.54, 1.807) is 7.41 Å². The Labute approximate surface area is 163 Å². The number of aliphatic hydroxyl groups excluding tert-OH is 1. The lowest BCUT2D eigenvalue weighted by molar-refractivity contribution is -0.115. The SMILES string of the molecule is C[C@@H]1CN([B]C(=O)CO)C[C@H](C)N1Cc1cccc(CN2CCOCC2)c1. The van der Waals surface area contributed by atoms with E-state index in [0.717, 1.165) is 52.5 Å². The van der Waals surface area contributed by atoms with Gasteiger partial charge in [-0.05, 0) is 25.0 Å². The van der Waals surface area contributed by atoms with E-state index in [4.69, 9.17) is 9.84 Å². The highest BCUT2D eigenvalue weighted by atomic mass is 16.5. The van der Waals surface area contributed by atoms with Crippen molar-refractivity contribution >= 4 is 13.1 Å². The molecule has 2 heterocycles. The van der Waals surface area contributed by atoms with Crippen molar-refractivity contribution in [2.24, 2.45) is 0 Å². The number of morpholine rings is 1. The molecule has 0 aromatic heterocycles. The Morgan fingerprint density at radius 2 is 1.78 bits per heavy atom. The predicted octanol–water partition coefficient (Wildman–Crippen LogP) is 0.552. The summed E-state index contributed by atoms with van der Waals surface area (Å²) in [6.07, 6.45) is 0. The van der Waals surface area contributed by atoms with Crippen LogP contribution in [0.1, 0.15) is 25.0 Å². The van der Waals surface area contributed by atoms with Crippen LogP contribution in [0.2, 0.25) is 0 Å². The molecule has 0 amide bonds. The zero-order chi connectivity index (χ0) is 19.2. The van der Waals surface area contributed by atoms with Gasteiger partial charge in [-0.15, -0.1) is 0 Å². The molecule has 27 heavy (non-hydrogen) atoms. The van der Waals surface area contributed by atoms with Crippen molar-refractivity contribution in [1.29, 1.82) is 0 Å². The topological polar surface area (TPSA) is 56.3 Å². The number of ether oxygens (including phenoxy) is 1. The highest BCUT2D eigenvalue weighted by Crippen LogP contribution is 2.20. The standard InChI is InChI=1S/C20H31BN3O3/c1-16-11-23(21-20(26)15-25)12-17(2)24(16)14-19-5-3-4-18(10-19)13-22-6-8-27-9-7-22/h3-5,10,16-17,25H,6-9,11-15H2,1-2H3/t16-,17+. The second kappa shape index (κ2) is 9.80. The quantitative estimate of drug-likeness (QED) is 0.706. The van der Waals surface area contributed by atoms with Crippen LogP contribution in [0.25, 0.3) is 0 Å². The van der Waals surface area contributed by atoms with Crippen LogP contribution in [-0.4, -0.2) is 90.9 Å². The van der Waals surface area contributed by atoms with E-state index in [-0.39, 0.29) is 5.68 Å². The first-order valence-corrected chi connectivity index (χ1v) is 9.91. The maximum atomic E-state index is 11.5. The third-order valence-corrected chi connectivity index (χ3v) is 5.48. The lowest BCUT2D eigenvalue weighted by Gasteiger charge is -2.44. The molecule has 147 valence electrons. The lowest BCUT2D eigenvalue weighted by Crippen LogP contribution is -2.58. The second-order valence-corrected chi connectivity index (χ2v) is 7.79. The number of nitrogens with zero attached hydrogens (tertiary/aromatic N) is 3. The molecule has 2 saturated heterocycles. The van der Waals surface area contributed by atoms with Crippen LogP contribution in [0.3, 0.4) is 0 Å². The highest BCUT2D eigenvalue weighted by molar-refractivity contribution is 6.72. The van der Waals surface area contributed by atoms with Crippen molar-refractivity contribution in [3.8, 4) is 0 Å². The summed E-state index contributed by atoms with van der Waals surface area (Å²) in [7, 11) is 1.56. The number of carbonyl (C=O) groups excluding carboxylic acids is 1. The van der Waals surface area contributed by atoms with Crippen LogP contribution in [-0.2, 0) is 22.6 Å². The third-order valence-electron chi connectivity index (χ3n) is 5.48. The molecule has 2 aliphatic rings. The van der Waals surface area contributed by atoms with Crippen molar-refractivity contribution in [1.82, 2.24) is 14.6 Å². The van der Waals surface area contributed by atoms with E-state index in [9.17, 15) is 4.79 Å². The van der Waals surface area contributed by atoms with E-state index in [0.29, 0.717) is 12.1 Å². The van der Waals surface area contributed by atoms with E-state index in [1.807, 2.05) is 4.81 Å². The monoisotopic (exact) mass is 372 g/mol. The molecule has 0 unspecified atom stereocenters. The van der Waals surface area contributed by atoms with Crippen molar-refractivity contribution in [2.75, 3.05) is 46.0 Å². The van der Waals surface area contributed by atoms with Gasteiger partial charge in [-0.2, -0.15) is 0 Å². The van der Waals surface area contributed by atoms with Gasteiger partial charge in [0, 0.05) is 51.4 Å². The number of benzene rings is 1. The van der Waals surface area contributed by atoms with Gasteiger partial charge in [0.2, 0.25) is 0 Å². The molecule has 1 aromatic rings. The molecule has 0 bridgehead atoms. The van der Waals surface area contributed by atoms with Crippen LogP contribution in [0.5, 0.6) is 0 Å². The first-order valence-electron chi connectivity index (χ1n) is 9.91. The van der Waals surface area contributed by atoms with E-state index in [1.165, 1.54) is 11.1 Å². The Bertz CT molecular complexity index is 612. The summed E-state index contributed by atoms with van der Waals surface area (Å²) in [6.45, 7) is 11.2. The van der Waals surface area contributed by atoms with Gasteiger partial charge in [0.25, 0.3) is 0 Å². The molecule has 6 nitrogen and oxygen atoms in total. The van der Waals surface area contributed by atoms with Gasteiger partial charge >= 0.3 is 7.41 Å². The number of piperazine rings is 1. The minimum Gasteiger partial charge on any atom is -0.389 e. The normalized spacial score (nSPS) is 25.4. The van der Waals surface area contributed by atoms with Gasteiger partial charge in [-0.3, -0.25) is 9.80 Å². The molecule has 7 heteroatoms. The van der Waals surface area contributed by atoms with E-state index in [2.05, 4.69) is 47.9 Å². The molecule has 0 spiro atoms. The van der Waals surface area contributed by atoms with Crippen LogP contribution >= 0.6 is 0 Å². The maximum absolute atomic E-state index is 11.5. The number of rotatable bonds is 7. The van der Waals surface area contributed by atoms with E-state index < -0.39 is 6.61 Å². The summed E-state index contributed by atoms with van der Waals surface area (Å²) in [5.74, 6) is 0. The molecule has 1 radical (unpaired) electrons. The van der Waals surface area contributed by atoms with E-state index >= 15 is 0 Å². The number of hydrogen-bond donors (Lipinski definition) is 1. The lowest BCUT2D eigenvalue weighted by atomic mass is 9.82. The fourth-order valence-corrected chi connectivity index (χ4v) is 4.11. The Kier molecular flexibility index (Phi) is 7.44. The summed E-state index contributed by atoms with van der Waals surface area (Å²) >= 11 is 0. The summed E-state index contributed by atoms with van der Waals surface area (Å²) in [5.41, 5.74) is 2.47. The molecule has 1 aromatic carbocycles. The molecule has 2 fully saturated rings. The summed E-state index contributed by atoms with van der Waals surface area (Å²) in [4.78, 5) is 18.5. The predicted molar refractivity (Wildman–Crippen MR) is 106 cm³/mol. The average Bonchev–Trinajstić information content (AvgIpc) is 2.66. The average molecular weight is 372 g/mol. The zero-order valence-corrected chi connectivity index (χ0v) is 16.5. The smallest absolute Gasteiger partial charge is 0.301 e. The minimum atomic E-state index is -0.418. The summed E-state index contributed by atoms with van der Waals surface area (Å²) in [6, 6.07) is 9.58. The van der Waals surface area contributed by atoms with Crippen LogP contribution in [0.4, 0.5) is 0 Å². The Morgan fingerprint density at radius 1 is 1.15 bits per heavy atom. The fraction of sp³-hybridized carbons (Fsp3) is 0.650. The number of aliphatic hydroxyl groups is 1. The second-order valence-electron chi connectivity index (χ2n) is 7.79. The van der Waals surface area contributed by atoms with Gasteiger partial charge in [0.1, 0.15) is 5.68 Å². The Balaban J connectivity index is 1.58. The van der Waals surface area contributed by atoms with Crippen LogP contribution in [0, 0.1) is 0 Å². The van der Waals surface area contributed by atoms with Crippen molar-refractivity contribution in [3.05, 3.63) is 35.4 Å². The molecule has 0 aliphatic carbocycles. The van der Waals surface area contributed by atoms with Crippen molar-refractivity contribution in [3.63, 3.8) is 0 Å². The molecule has 1 N–H and O–H groups in total. The first kappa shape index (κ1) is 20.5. The van der Waals surface area contributed by atoms with Gasteiger partial charge in [0.15, 0.2) is 0 Å². The van der Waals surface area contributed by atoms with Crippen LogP contribution in [0.15, 0.2) is 24.3 Å². The Hall–Kier alpha value is -1.25. The molecule has 2 aliphatic heterocycles. The Morgan fingerprint density at radius 3 is 2.41 bits per heavy atom. The number of hydrogen-bond acceptors (Lipinski definition) is 6. The first-order chi connectivity index (χ1) is 13.0. The summed E-state index contributed by atoms with van der Waals surface area (Å²) < 4.78 is 5.44. The maximum Gasteiger partial charge on any atom is 0.301 e. The molecule has 3 rings (SSSR count). The third kappa shape index (κ3) is 5.86. The van der Waals surface area contributed by atoms with Gasteiger partial charge in [-0.1, -0.05) is 24.3 Å². The van der Waals surface area contributed by atoms with Gasteiger partial charge in [-0.25, -0.2) is 0 Å². The molecule has 0 saturated carbocycles.